The van der Waals surface area contributed by atoms with E-state index in [1.54, 1.807) is 6.92 Å². The summed E-state index contributed by atoms with van der Waals surface area (Å²) in [5.41, 5.74) is -0.442. The number of nitrogens with zero attached hydrogens (tertiary/aromatic N) is 1. The van der Waals surface area contributed by atoms with Crippen molar-refractivity contribution < 1.29 is 27.9 Å². The monoisotopic (exact) mass is 305 g/mol. The topological polar surface area (TPSA) is 138 Å². The van der Waals surface area contributed by atoms with Gasteiger partial charge in [0.2, 0.25) is 0 Å². The number of rotatable bonds is 8. The number of esters is 1. The number of sulfonamides is 1. The lowest BCUT2D eigenvalue weighted by atomic mass is 10.3. The third-order valence-corrected chi connectivity index (χ3v) is 3.69. The standard InChI is InChI=1S/C10H15N3O6S/c1-2-19-8(14)4-3-5-12-20(17,18)9-7(10(15)16)6-11-13-9/h6,12H,2-5H2,1H3,(H,11,13)(H,15,16). The Hall–Kier alpha value is -1.94. The maximum absolute atomic E-state index is 11.8. The zero-order valence-corrected chi connectivity index (χ0v) is 11.6. The van der Waals surface area contributed by atoms with Gasteiger partial charge in [0.1, 0.15) is 5.56 Å². The van der Waals surface area contributed by atoms with Gasteiger partial charge < -0.3 is 9.84 Å². The van der Waals surface area contributed by atoms with Crippen molar-refractivity contribution in [2.45, 2.75) is 24.8 Å². The number of carbonyl (C=O) groups excluding carboxylic acids is 1. The Morgan fingerprint density at radius 2 is 2.20 bits per heavy atom. The molecule has 3 N–H and O–H groups in total. The van der Waals surface area contributed by atoms with Crippen LogP contribution in [0.2, 0.25) is 0 Å². The molecule has 0 spiro atoms. The van der Waals surface area contributed by atoms with Crippen LogP contribution < -0.4 is 4.72 Å². The normalized spacial score (nSPS) is 11.2. The Morgan fingerprint density at radius 3 is 2.80 bits per heavy atom. The molecule has 0 saturated heterocycles. The summed E-state index contributed by atoms with van der Waals surface area (Å²) in [7, 11) is -4.00. The van der Waals surface area contributed by atoms with E-state index in [-0.39, 0.29) is 26.0 Å². The van der Waals surface area contributed by atoms with Gasteiger partial charge in [0.15, 0.2) is 5.03 Å². The van der Waals surface area contributed by atoms with Crippen molar-refractivity contribution in [3.05, 3.63) is 11.8 Å². The Kier molecular flexibility index (Phi) is 5.65. The van der Waals surface area contributed by atoms with E-state index < -0.39 is 32.6 Å². The molecule has 0 bridgehead atoms. The quantitative estimate of drug-likeness (QED) is 0.444. The highest BCUT2D eigenvalue weighted by Crippen LogP contribution is 2.11. The van der Waals surface area contributed by atoms with Crippen molar-refractivity contribution in [2.75, 3.05) is 13.2 Å². The molecule has 0 fully saturated rings. The van der Waals surface area contributed by atoms with Crippen LogP contribution in [-0.4, -0.2) is 48.8 Å². The largest absolute Gasteiger partial charge is 0.478 e. The highest BCUT2D eigenvalue weighted by molar-refractivity contribution is 7.89. The minimum atomic E-state index is -4.00. The van der Waals surface area contributed by atoms with Gasteiger partial charge in [-0.3, -0.25) is 9.89 Å². The Morgan fingerprint density at radius 1 is 1.50 bits per heavy atom. The zero-order valence-electron chi connectivity index (χ0n) is 10.7. The van der Waals surface area contributed by atoms with Crippen molar-refractivity contribution in [1.82, 2.24) is 14.9 Å². The van der Waals surface area contributed by atoms with E-state index in [0.29, 0.717) is 0 Å². The number of hydrogen-bond acceptors (Lipinski definition) is 6. The van der Waals surface area contributed by atoms with Crippen molar-refractivity contribution in [3.8, 4) is 0 Å². The second-order valence-corrected chi connectivity index (χ2v) is 5.43. The highest BCUT2D eigenvalue weighted by Gasteiger charge is 2.24. The van der Waals surface area contributed by atoms with Crippen LogP contribution in [0, 0.1) is 0 Å². The van der Waals surface area contributed by atoms with Gasteiger partial charge in [0.25, 0.3) is 10.0 Å². The molecule has 0 aliphatic carbocycles. The number of H-pyrrole nitrogens is 1. The van der Waals surface area contributed by atoms with E-state index in [1.165, 1.54) is 0 Å². The van der Waals surface area contributed by atoms with Gasteiger partial charge in [0.05, 0.1) is 12.8 Å². The average Bonchev–Trinajstić information content (AvgIpc) is 2.85. The summed E-state index contributed by atoms with van der Waals surface area (Å²) in [6, 6.07) is 0. The minimum absolute atomic E-state index is 0.0147. The predicted molar refractivity (Wildman–Crippen MR) is 66.6 cm³/mol. The van der Waals surface area contributed by atoms with Crippen LogP contribution in [0.15, 0.2) is 11.2 Å². The molecule has 1 rings (SSSR count). The average molecular weight is 305 g/mol. The van der Waals surface area contributed by atoms with Crippen molar-refractivity contribution in [3.63, 3.8) is 0 Å². The second-order valence-electron chi connectivity index (χ2n) is 3.72. The van der Waals surface area contributed by atoms with Gasteiger partial charge in [-0.1, -0.05) is 0 Å². The van der Waals surface area contributed by atoms with Crippen LogP contribution in [0.1, 0.15) is 30.1 Å². The van der Waals surface area contributed by atoms with Crippen molar-refractivity contribution >= 4 is 22.0 Å². The third-order valence-electron chi connectivity index (χ3n) is 2.26. The summed E-state index contributed by atoms with van der Waals surface area (Å²) in [6.45, 7) is 1.92. The number of aromatic amines is 1. The molecule has 1 aromatic heterocycles. The summed E-state index contributed by atoms with van der Waals surface area (Å²) < 4.78 is 30.5. The molecule has 0 aliphatic rings. The maximum Gasteiger partial charge on any atom is 0.340 e. The summed E-state index contributed by atoms with van der Waals surface area (Å²) in [4.78, 5) is 21.9. The molecule has 9 nitrogen and oxygen atoms in total. The van der Waals surface area contributed by atoms with E-state index in [2.05, 4.69) is 19.7 Å². The first-order chi connectivity index (χ1) is 9.38. The van der Waals surface area contributed by atoms with Gasteiger partial charge >= 0.3 is 11.9 Å². The zero-order chi connectivity index (χ0) is 15.2. The molecule has 1 aromatic rings. The SMILES string of the molecule is CCOC(=O)CCCNS(=O)(=O)c1[nH]ncc1C(=O)O. The molecule has 1 heterocycles. The number of carboxylic acid groups (broad SMARTS) is 1. The number of carboxylic acids is 1. The summed E-state index contributed by atoms with van der Waals surface area (Å²) in [5.74, 6) is -1.81. The fourth-order valence-corrected chi connectivity index (χ4v) is 2.54. The van der Waals surface area contributed by atoms with Crippen LogP contribution in [-0.2, 0) is 19.6 Å². The Bertz CT molecular complexity index is 580. The lowest BCUT2D eigenvalue weighted by Crippen LogP contribution is -2.27. The summed E-state index contributed by atoms with van der Waals surface area (Å²) in [5, 5.41) is 13.8. The van der Waals surface area contributed by atoms with Crippen LogP contribution >= 0.6 is 0 Å². The van der Waals surface area contributed by atoms with Crippen LogP contribution in [0.4, 0.5) is 0 Å². The highest BCUT2D eigenvalue weighted by atomic mass is 32.2. The first-order valence-corrected chi connectivity index (χ1v) is 7.28. The molecular formula is C10H15N3O6S. The fourth-order valence-electron chi connectivity index (χ4n) is 1.38. The number of aromatic carboxylic acids is 1. The minimum Gasteiger partial charge on any atom is -0.478 e. The first kappa shape index (κ1) is 16.1. The van der Waals surface area contributed by atoms with Crippen molar-refractivity contribution in [1.29, 1.82) is 0 Å². The lowest BCUT2D eigenvalue weighted by molar-refractivity contribution is -0.143. The fraction of sp³-hybridized carbons (Fsp3) is 0.500. The lowest BCUT2D eigenvalue weighted by Gasteiger charge is -2.05. The van der Waals surface area contributed by atoms with Crippen LogP contribution in [0.5, 0.6) is 0 Å². The van der Waals surface area contributed by atoms with Crippen LogP contribution in [0.25, 0.3) is 0 Å². The molecule has 0 saturated carbocycles. The maximum atomic E-state index is 11.8. The Balaban J connectivity index is 2.56. The number of carbonyl (C=O) groups is 2. The number of nitrogens with one attached hydrogen (secondary N) is 2. The molecule has 0 unspecified atom stereocenters. The van der Waals surface area contributed by atoms with E-state index >= 15 is 0 Å². The van der Waals surface area contributed by atoms with Crippen molar-refractivity contribution in [2.24, 2.45) is 0 Å². The van der Waals surface area contributed by atoms with Gasteiger partial charge in [-0.05, 0) is 13.3 Å². The molecule has 0 amide bonds. The van der Waals surface area contributed by atoms with Gasteiger partial charge in [-0.15, -0.1) is 0 Å². The van der Waals surface area contributed by atoms with Gasteiger partial charge in [0, 0.05) is 13.0 Å². The smallest absolute Gasteiger partial charge is 0.340 e. The third kappa shape index (κ3) is 4.31. The molecule has 20 heavy (non-hydrogen) atoms. The van der Waals surface area contributed by atoms with E-state index in [9.17, 15) is 18.0 Å². The first-order valence-electron chi connectivity index (χ1n) is 5.80. The number of hydrogen-bond donors (Lipinski definition) is 3. The molecule has 0 aliphatic heterocycles. The van der Waals surface area contributed by atoms with Gasteiger partial charge in [-0.2, -0.15) is 5.10 Å². The Labute approximate surface area is 115 Å². The molecule has 0 aromatic carbocycles. The van der Waals surface area contributed by atoms with E-state index in [0.717, 1.165) is 6.20 Å². The molecular weight excluding hydrogens is 290 g/mol. The molecule has 0 atom stereocenters. The summed E-state index contributed by atoms with van der Waals surface area (Å²) in [6.07, 6.45) is 1.23. The molecule has 0 radical (unpaired) electrons. The van der Waals surface area contributed by atoms with E-state index in [4.69, 9.17) is 5.11 Å². The predicted octanol–water partition coefficient (Wildman–Crippen LogP) is -0.270. The van der Waals surface area contributed by atoms with Crippen LogP contribution in [0.3, 0.4) is 0 Å². The second kappa shape index (κ2) is 7.01. The van der Waals surface area contributed by atoms with Gasteiger partial charge in [-0.25, -0.2) is 17.9 Å². The molecule has 10 heteroatoms. The number of ether oxygens (including phenoxy) is 1. The summed E-state index contributed by atoms with van der Waals surface area (Å²) >= 11 is 0. The number of aromatic nitrogens is 2. The molecule has 112 valence electrons. The van der Waals surface area contributed by atoms with E-state index in [1.807, 2.05) is 0 Å².